The lowest BCUT2D eigenvalue weighted by atomic mass is 10.1. The topological polar surface area (TPSA) is 81.2 Å². The third-order valence-corrected chi connectivity index (χ3v) is 3.84. The van der Waals surface area contributed by atoms with Crippen LogP contribution in [0.4, 0.5) is 0 Å². The molecule has 0 spiro atoms. The third kappa shape index (κ3) is 4.61. The average Bonchev–Trinajstić information content (AvgIpc) is 2.85. The number of unbranched alkanes of at least 4 members (excludes halogenated alkanes) is 1. The van der Waals surface area contributed by atoms with Crippen molar-refractivity contribution in [3.63, 3.8) is 0 Å². The molecule has 23 heavy (non-hydrogen) atoms. The Morgan fingerprint density at radius 1 is 1.30 bits per heavy atom. The Bertz CT molecular complexity index is 654. The number of hydrogen-bond donors (Lipinski definition) is 2. The molecule has 0 aliphatic carbocycles. The molecule has 0 aliphatic heterocycles. The number of aromatic nitrogens is 1. The number of carbonyl (C=O) groups excluding carboxylic acids is 1. The molecular formula is C15H18Cl3N3O2. The number of carbonyl (C=O) groups is 1. The minimum atomic E-state index is -0.262. The number of halogens is 3. The molecule has 3 N–H and O–H groups in total. The summed E-state index contributed by atoms with van der Waals surface area (Å²) in [5, 5.41) is 7.61. The van der Waals surface area contributed by atoms with Crippen LogP contribution in [0.15, 0.2) is 22.7 Å². The molecule has 0 atom stereocenters. The number of nitrogens with two attached hydrogens (primary N) is 1. The first-order valence-electron chi connectivity index (χ1n) is 6.95. The van der Waals surface area contributed by atoms with Crippen molar-refractivity contribution in [3.8, 4) is 11.3 Å². The molecule has 5 nitrogen and oxygen atoms in total. The molecule has 0 radical (unpaired) electrons. The van der Waals surface area contributed by atoms with Gasteiger partial charge in [0.25, 0.3) is 5.91 Å². The standard InChI is InChI=1S/C15H17Cl2N3O2.ClH/c1-9-12(15(21)19-8-3-2-7-18)14(20-22-9)13-10(16)5-4-6-11(13)17;/h4-6H,2-3,7-8,18H2,1H3,(H,19,21);1H. The first-order valence-corrected chi connectivity index (χ1v) is 7.70. The molecular weight excluding hydrogens is 361 g/mol. The highest BCUT2D eigenvalue weighted by Crippen LogP contribution is 2.36. The van der Waals surface area contributed by atoms with Gasteiger partial charge >= 0.3 is 0 Å². The summed E-state index contributed by atoms with van der Waals surface area (Å²) in [5.74, 6) is 0.157. The molecule has 0 saturated carbocycles. The van der Waals surface area contributed by atoms with E-state index in [1.54, 1.807) is 25.1 Å². The van der Waals surface area contributed by atoms with Gasteiger partial charge in [-0.15, -0.1) is 12.4 Å². The van der Waals surface area contributed by atoms with Crippen LogP contribution in [0.2, 0.25) is 10.0 Å². The Morgan fingerprint density at radius 2 is 1.96 bits per heavy atom. The summed E-state index contributed by atoms with van der Waals surface area (Å²) in [7, 11) is 0. The zero-order valence-electron chi connectivity index (χ0n) is 12.6. The summed E-state index contributed by atoms with van der Waals surface area (Å²) in [6, 6.07) is 5.11. The zero-order valence-corrected chi connectivity index (χ0v) is 14.9. The van der Waals surface area contributed by atoms with Gasteiger partial charge in [-0.25, -0.2) is 0 Å². The minimum Gasteiger partial charge on any atom is -0.360 e. The predicted octanol–water partition coefficient (Wildman–Crippen LogP) is 3.85. The van der Waals surface area contributed by atoms with Gasteiger partial charge in [0.15, 0.2) is 0 Å². The maximum absolute atomic E-state index is 12.4. The van der Waals surface area contributed by atoms with Crippen molar-refractivity contribution >= 4 is 41.5 Å². The first-order chi connectivity index (χ1) is 10.6. The highest BCUT2D eigenvalue weighted by Gasteiger charge is 2.24. The van der Waals surface area contributed by atoms with Gasteiger partial charge in [0.1, 0.15) is 17.0 Å². The second-order valence-electron chi connectivity index (χ2n) is 4.81. The molecule has 0 bridgehead atoms. The molecule has 0 fully saturated rings. The lowest BCUT2D eigenvalue weighted by molar-refractivity contribution is 0.0952. The fourth-order valence-electron chi connectivity index (χ4n) is 2.09. The normalized spacial score (nSPS) is 10.3. The molecule has 126 valence electrons. The van der Waals surface area contributed by atoms with E-state index in [4.69, 9.17) is 33.5 Å². The Hall–Kier alpha value is -1.27. The Morgan fingerprint density at radius 3 is 2.57 bits per heavy atom. The summed E-state index contributed by atoms with van der Waals surface area (Å²) in [6.07, 6.45) is 1.67. The van der Waals surface area contributed by atoms with Gasteiger partial charge in [0.2, 0.25) is 0 Å². The van der Waals surface area contributed by atoms with Crippen molar-refractivity contribution < 1.29 is 9.32 Å². The zero-order chi connectivity index (χ0) is 16.1. The number of nitrogens with zero attached hydrogens (tertiary/aromatic N) is 1. The highest BCUT2D eigenvalue weighted by molar-refractivity contribution is 6.39. The number of aryl methyl sites for hydroxylation is 1. The van der Waals surface area contributed by atoms with E-state index in [2.05, 4.69) is 10.5 Å². The van der Waals surface area contributed by atoms with Gasteiger partial charge in [-0.1, -0.05) is 34.4 Å². The molecule has 1 aromatic carbocycles. The number of benzene rings is 1. The van der Waals surface area contributed by atoms with Crippen molar-refractivity contribution in [1.29, 1.82) is 0 Å². The Labute approximate surface area is 150 Å². The van der Waals surface area contributed by atoms with Crippen molar-refractivity contribution in [2.24, 2.45) is 5.73 Å². The lowest BCUT2D eigenvalue weighted by Crippen LogP contribution is -2.25. The minimum absolute atomic E-state index is 0. The van der Waals surface area contributed by atoms with Crippen LogP contribution in [0, 0.1) is 6.92 Å². The molecule has 2 rings (SSSR count). The van der Waals surface area contributed by atoms with Crippen LogP contribution in [0.25, 0.3) is 11.3 Å². The molecule has 2 aromatic rings. The largest absolute Gasteiger partial charge is 0.360 e. The van der Waals surface area contributed by atoms with E-state index >= 15 is 0 Å². The van der Waals surface area contributed by atoms with E-state index in [0.717, 1.165) is 12.8 Å². The average molecular weight is 379 g/mol. The van der Waals surface area contributed by atoms with Gasteiger partial charge in [0, 0.05) is 12.1 Å². The molecule has 0 unspecified atom stereocenters. The predicted molar refractivity (Wildman–Crippen MR) is 94.6 cm³/mol. The first kappa shape index (κ1) is 19.8. The van der Waals surface area contributed by atoms with Gasteiger partial charge in [-0.05, 0) is 38.4 Å². The van der Waals surface area contributed by atoms with Crippen LogP contribution < -0.4 is 11.1 Å². The molecule has 0 saturated heterocycles. The van der Waals surface area contributed by atoms with Crippen LogP contribution in [0.1, 0.15) is 29.0 Å². The molecule has 1 heterocycles. The Balaban J connectivity index is 0.00000264. The van der Waals surface area contributed by atoms with Crippen LogP contribution in [0.5, 0.6) is 0 Å². The quantitative estimate of drug-likeness (QED) is 0.748. The van der Waals surface area contributed by atoms with Crippen LogP contribution in [-0.2, 0) is 0 Å². The van der Waals surface area contributed by atoms with E-state index < -0.39 is 0 Å². The van der Waals surface area contributed by atoms with Gasteiger partial charge < -0.3 is 15.6 Å². The Kier molecular flexibility index (Phi) is 7.85. The van der Waals surface area contributed by atoms with E-state index in [1.807, 2.05) is 0 Å². The van der Waals surface area contributed by atoms with E-state index in [0.29, 0.717) is 45.7 Å². The maximum Gasteiger partial charge on any atom is 0.257 e. The van der Waals surface area contributed by atoms with Gasteiger partial charge in [0.05, 0.1) is 10.0 Å². The smallest absolute Gasteiger partial charge is 0.257 e. The molecule has 1 amide bonds. The van der Waals surface area contributed by atoms with Crippen LogP contribution in [-0.4, -0.2) is 24.2 Å². The summed E-state index contributed by atoms with van der Waals surface area (Å²) in [6.45, 7) is 2.81. The van der Waals surface area contributed by atoms with Gasteiger partial charge in [-0.3, -0.25) is 4.79 Å². The number of amides is 1. The SMILES string of the molecule is Cc1onc(-c2c(Cl)cccc2Cl)c1C(=O)NCCCCN.Cl. The fourth-order valence-corrected chi connectivity index (χ4v) is 2.67. The number of nitrogens with one attached hydrogen (secondary N) is 1. The summed E-state index contributed by atoms with van der Waals surface area (Å²) in [5.41, 5.74) is 6.63. The van der Waals surface area contributed by atoms with Gasteiger partial charge in [-0.2, -0.15) is 0 Å². The van der Waals surface area contributed by atoms with E-state index in [1.165, 1.54) is 0 Å². The van der Waals surface area contributed by atoms with Crippen LogP contribution in [0.3, 0.4) is 0 Å². The second-order valence-corrected chi connectivity index (χ2v) is 5.63. The molecule has 8 heteroatoms. The summed E-state index contributed by atoms with van der Waals surface area (Å²) < 4.78 is 5.16. The highest BCUT2D eigenvalue weighted by atomic mass is 35.5. The third-order valence-electron chi connectivity index (χ3n) is 3.21. The van der Waals surface area contributed by atoms with Crippen molar-refractivity contribution in [1.82, 2.24) is 10.5 Å². The van der Waals surface area contributed by atoms with Crippen molar-refractivity contribution in [2.45, 2.75) is 19.8 Å². The lowest BCUT2D eigenvalue weighted by Gasteiger charge is -2.07. The van der Waals surface area contributed by atoms with Crippen molar-refractivity contribution in [2.75, 3.05) is 13.1 Å². The van der Waals surface area contributed by atoms with Crippen LogP contribution >= 0.6 is 35.6 Å². The van der Waals surface area contributed by atoms with E-state index in [9.17, 15) is 4.79 Å². The maximum atomic E-state index is 12.4. The second kappa shape index (κ2) is 9.13. The molecule has 0 aliphatic rings. The summed E-state index contributed by atoms with van der Waals surface area (Å²) in [4.78, 5) is 12.4. The van der Waals surface area contributed by atoms with E-state index in [-0.39, 0.29) is 18.3 Å². The number of hydrogen-bond acceptors (Lipinski definition) is 4. The monoisotopic (exact) mass is 377 g/mol. The van der Waals surface area contributed by atoms with Crippen molar-refractivity contribution in [3.05, 3.63) is 39.6 Å². The number of rotatable bonds is 6. The summed E-state index contributed by atoms with van der Waals surface area (Å²) >= 11 is 12.4. The molecule has 1 aromatic heterocycles. The fraction of sp³-hybridized carbons (Fsp3) is 0.333.